The molecule has 0 spiro atoms. The zero-order chi connectivity index (χ0) is 24.0. The summed E-state index contributed by atoms with van der Waals surface area (Å²) in [6.45, 7) is 14.3. The van der Waals surface area contributed by atoms with Gasteiger partial charge < -0.3 is 24.4 Å². The van der Waals surface area contributed by atoms with E-state index in [0.717, 1.165) is 24.2 Å². The van der Waals surface area contributed by atoms with E-state index in [1.54, 1.807) is 0 Å². The number of aliphatic hydroxyl groups is 2. The van der Waals surface area contributed by atoms with Crippen molar-refractivity contribution in [1.29, 1.82) is 0 Å². The van der Waals surface area contributed by atoms with Crippen LogP contribution in [-0.2, 0) is 14.2 Å². The van der Waals surface area contributed by atoms with Gasteiger partial charge in [-0.1, -0.05) is 92.4 Å². The number of rotatable bonds is 24. The fourth-order valence-corrected chi connectivity index (χ4v) is 3.99. The molecule has 194 valence electrons. The molecule has 4 atom stereocenters. The molecule has 0 rings (SSSR count). The Morgan fingerprint density at radius 1 is 0.531 bits per heavy atom. The molecule has 0 aromatic rings. The zero-order valence-corrected chi connectivity index (χ0v) is 22.0. The van der Waals surface area contributed by atoms with Crippen molar-refractivity contribution >= 4 is 0 Å². The third-order valence-electron chi connectivity index (χ3n) is 6.25. The molecule has 5 heteroatoms. The van der Waals surface area contributed by atoms with Gasteiger partial charge in [-0.15, -0.1) is 0 Å². The van der Waals surface area contributed by atoms with Crippen LogP contribution in [-0.4, -0.2) is 62.6 Å². The monoisotopic (exact) mass is 460 g/mol. The van der Waals surface area contributed by atoms with Crippen molar-refractivity contribution < 1.29 is 24.4 Å². The lowest BCUT2D eigenvalue weighted by atomic mass is 9.91. The van der Waals surface area contributed by atoms with E-state index >= 15 is 0 Å². The Balaban J connectivity index is 3.51. The third-order valence-corrected chi connectivity index (χ3v) is 6.25. The average Bonchev–Trinajstić information content (AvgIpc) is 2.73. The van der Waals surface area contributed by atoms with Crippen molar-refractivity contribution in [3.8, 4) is 0 Å². The molecule has 0 saturated heterocycles. The van der Waals surface area contributed by atoms with Gasteiger partial charge in [0.2, 0.25) is 0 Å². The molecule has 2 N–H and O–H groups in total. The van der Waals surface area contributed by atoms with Gasteiger partial charge in [0.25, 0.3) is 0 Å². The maximum atomic E-state index is 9.86. The van der Waals surface area contributed by atoms with Crippen molar-refractivity contribution in [3.63, 3.8) is 0 Å². The Morgan fingerprint density at radius 2 is 0.969 bits per heavy atom. The quantitative estimate of drug-likeness (QED) is 0.177. The lowest BCUT2D eigenvalue weighted by Crippen LogP contribution is -2.23. The maximum Gasteiger partial charge on any atom is 0.101 e. The summed E-state index contributed by atoms with van der Waals surface area (Å²) in [5.41, 5.74) is 0. The first kappa shape index (κ1) is 31.8. The Kier molecular flexibility index (Phi) is 22.4. The molecule has 0 aliphatic carbocycles. The summed E-state index contributed by atoms with van der Waals surface area (Å²) in [6.07, 6.45) is 12.7. The first-order valence-corrected chi connectivity index (χ1v) is 13.4. The van der Waals surface area contributed by atoms with Crippen LogP contribution in [0.3, 0.4) is 0 Å². The molecule has 0 saturated carbocycles. The molecule has 4 unspecified atom stereocenters. The normalized spacial score (nSPS) is 15.8. The molecule has 0 bridgehead atoms. The summed E-state index contributed by atoms with van der Waals surface area (Å²) in [7, 11) is 0. The van der Waals surface area contributed by atoms with E-state index in [2.05, 4.69) is 34.6 Å². The molecule has 0 heterocycles. The van der Waals surface area contributed by atoms with Crippen LogP contribution in [0.25, 0.3) is 0 Å². The first-order chi connectivity index (χ1) is 15.3. The van der Waals surface area contributed by atoms with Crippen molar-refractivity contribution in [2.24, 2.45) is 23.7 Å². The summed E-state index contributed by atoms with van der Waals surface area (Å²) in [4.78, 5) is 0. The van der Waals surface area contributed by atoms with E-state index < -0.39 is 6.10 Å². The van der Waals surface area contributed by atoms with Crippen LogP contribution in [0.15, 0.2) is 0 Å². The molecular weight excluding hydrogens is 404 g/mol. The average molecular weight is 461 g/mol. The molecule has 0 radical (unpaired) electrons. The molecule has 32 heavy (non-hydrogen) atoms. The van der Waals surface area contributed by atoms with E-state index in [1.165, 1.54) is 57.8 Å². The minimum atomic E-state index is -0.595. The predicted octanol–water partition coefficient (Wildman–Crippen LogP) is 5.85. The van der Waals surface area contributed by atoms with E-state index in [-0.39, 0.29) is 13.2 Å². The lowest BCUT2D eigenvalue weighted by Gasteiger charge is -2.17. The summed E-state index contributed by atoms with van der Waals surface area (Å²) in [6, 6.07) is 0. The van der Waals surface area contributed by atoms with Gasteiger partial charge in [-0.25, -0.2) is 0 Å². The molecule has 0 fully saturated rings. The highest BCUT2D eigenvalue weighted by atomic mass is 16.5. The van der Waals surface area contributed by atoms with Crippen molar-refractivity contribution in [2.45, 2.75) is 105 Å². The van der Waals surface area contributed by atoms with Crippen LogP contribution in [0.2, 0.25) is 0 Å². The minimum Gasteiger partial charge on any atom is -0.394 e. The molecule has 0 aromatic heterocycles. The van der Waals surface area contributed by atoms with Gasteiger partial charge in [0.1, 0.15) is 6.10 Å². The Labute approximate surface area is 199 Å². The molecular formula is C27H56O5. The van der Waals surface area contributed by atoms with Gasteiger partial charge in [-0.05, 0) is 30.1 Å². The fourth-order valence-electron chi connectivity index (χ4n) is 3.99. The highest BCUT2D eigenvalue weighted by Gasteiger charge is 2.09. The van der Waals surface area contributed by atoms with E-state index in [0.29, 0.717) is 39.0 Å². The number of hydrogen-bond donors (Lipinski definition) is 2. The molecule has 0 aromatic carbocycles. The second kappa shape index (κ2) is 22.6. The first-order valence-electron chi connectivity index (χ1n) is 13.4. The van der Waals surface area contributed by atoms with Crippen molar-refractivity contribution in [2.75, 3.05) is 46.2 Å². The van der Waals surface area contributed by atoms with Gasteiger partial charge >= 0.3 is 0 Å². The highest BCUT2D eigenvalue weighted by molar-refractivity contribution is 4.61. The van der Waals surface area contributed by atoms with Gasteiger partial charge in [0.05, 0.1) is 39.6 Å². The standard InChI is InChI=1S/C27H56O5/c1-23(2)9-6-10-24(3)11-7-12-25(4)13-8-14-26(5)15-17-31-21-27(29)22-32-20-19-30-18-16-28/h23-29H,6-22H2,1-5H3. The molecule has 5 nitrogen and oxygen atoms in total. The predicted molar refractivity (Wildman–Crippen MR) is 134 cm³/mol. The van der Waals surface area contributed by atoms with Crippen molar-refractivity contribution in [3.05, 3.63) is 0 Å². The van der Waals surface area contributed by atoms with Gasteiger partial charge in [-0.2, -0.15) is 0 Å². The van der Waals surface area contributed by atoms with Gasteiger partial charge in [0.15, 0.2) is 0 Å². The number of hydrogen-bond acceptors (Lipinski definition) is 5. The van der Waals surface area contributed by atoms with E-state index in [1.807, 2.05) is 0 Å². The van der Waals surface area contributed by atoms with Crippen LogP contribution in [0.5, 0.6) is 0 Å². The topological polar surface area (TPSA) is 68.2 Å². The van der Waals surface area contributed by atoms with Crippen LogP contribution in [0, 0.1) is 23.7 Å². The SMILES string of the molecule is CC(C)CCCC(C)CCCC(C)CCCC(C)CCOCC(O)COCCOCCO. The Hall–Kier alpha value is -0.200. The maximum absolute atomic E-state index is 9.86. The van der Waals surface area contributed by atoms with Crippen LogP contribution in [0.1, 0.15) is 98.8 Å². The van der Waals surface area contributed by atoms with E-state index in [9.17, 15) is 5.11 Å². The van der Waals surface area contributed by atoms with Crippen LogP contribution < -0.4 is 0 Å². The molecule has 0 aliphatic rings. The fraction of sp³-hybridized carbons (Fsp3) is 1.00. The second-order valence-corrected chi connectivity index (χ2v) is 10.4. The highest BCUT2D eigenvalue weighted by Crippen LogP contribution is 2.22. The van der Waals surface area contributed by atoms with Crippen LogP contribution in [0.4, 0.5) is 0 Å². The molecule has 0 aliphatic heterocycles. The third kappa shape index (κ3) is 23.0. The lowest BCUT2D eigenvalue weighted by molar-refractivity contribution is -0.0354. The minimum absolute atomic E-state index is 0.0199. The van der Waals surface area contributed by atoms with Crippen LogP contribution >= 0.6 is 0 Å². The number of ether oxygens (including phenoxy) is 3. The summed E-state index contributed by atoms with van der Waals surface area (Å²) in [5, 5.41) is 18.5. The summed E-state index contributed by atoms with van der Waals surface area (Å²) < 4.78 is 16.0. The smallest absolute Gasteiger partial charge is 0.101 e. The van der Waals surface area contributed by atoms with Gasteiger partial charge in [-0.3, -0.25) is 0 Å². The Morgan fingerprint density at radius 3 is 1.47 bits per heavy atom. The Bertz CT molecular complexity index is 377. The number of aliphatic hydroxyl groups excluding tert-OH is 2. The van der Waals surface area contributed by atoms with E-state index in [4.69, 9.17) is 19.3 Å². The van der Waals surface area contributed by atoms with Crippen molar-refractivity contribution in [1.82, 2.24) is 0 Å². The zero-order valence-electron chi connectivity index (χ0n) is 22.0. The summed E-state index contributed by atoms with van der Waals surface area (Å²) >= 11 is 0. The second-order valence-electron chi connectivity index (χ2n) is 10.4. The summed E-state index contributed by atoms with van der Waals surface area (Å²) in [5.74, 6) is 3.24. The molecule has 0 amide bonds. The largest absolute Gasteiger partial charge is 0.394 e. The van der Waals surface area contributed by atoms with Gasteiger partial charge in [0, 0.05) is 6.61 Å².